The van der Waals surface area contributed by atoms with E-state index in [0.717, 1.165) is 24.8 Å². The Morgan fingerprint density at radius 2 is 2.00 bits per heavy atom. The molecule has 88 valence electrons. The van der Waals surface area contributed by atoms with E-state index < -0.39 is 0 Å². The molecule has 1 saturated carbocycles. The van der Waals surface area contributed by atoms with Crippen LogP contribution < -0.4 is 11.1 Å². The molecule has 2 nitrogen and oxygen atoms in total. The second kappa shape index (κ2) is 4.93. The molecular weight excluding hydrogens is 203 g/mol. The summed E-state index contributed by atoms with van der Waals surface area (Å²) in [5.74, 6) is -0.182. The molecule has 3 N–H and O–H groups in total. The van der Waals surface area contributed by atoms with Crippen molar-refractivity contribution in [1.82, 2.24) is 5.32 Å². The Labute approximate surface area is 96.0 Å². The Hall–Kier alpha value is -0.930. The minimum Gasteiger partial charge on any atom is -0.328 e. The highest BCUT2D eigenvalue weighted by Gasteiger charge is 2.22. The highest BCUT2D eigenvalue weighted by atomic mass is 19.1. The van der Waals surface area contributed by atoms with Crippen molar-refractivity contribution in [3.8, 4) is 0 Å². The van der Waals surface area contributed by atoms with E-state index in [4.69, 9.17) is 5.73 Å². The lowest BCUT2D eigenvalue weighted by atomic mass is 10.1. The number of nitrogens with two attached hydrogens (primary N) is 1. The van der Waals surface area contributed by atoms with Gasteiger partial charge in [-0.1, -0.05) is 12.1 Å². The molecule has 0 saturated heterocycles. The van der Waals surface area contributed by atoms with Crippen molar-refractivity contribution in [2.24, 2.45) is 5.73 Å². The van der Waals surface area contributed by atoms with Crippen LogP contribution in [0, 0.1) is 5.82 Å². The first-order valence-corrected chi connectivity index (χ1v) is 5.92. The summed E-state index contributed by atoms with van der Waals surface area (Å²) in [6, 6.07) is 7.80. The highest BCUT2D eigenvalue weighted by molar-refractivity contribution is 5.19. The van der Waals surface area contributed by atoms with E-state index in [1.165, 1.54) is 12.1 Å². The predicted octanol–water partition coefficient (Wildman–Crippen LogP) is 2.36. The molecule has 0 bridgehead atoms. The maximum absolute atomic E-state index is 12.8. The Balaban J connectivity index is 1.92. The second-order valence-corrected chi connectivity index (χ2v) is 4.71. The fraction of sp³-hybridized carbons (Fsp3) is 0.538. The van der Waals surface area contributed by atoms with Crippen molar-refractivity contribution in [1.29, 1.82) is 0 Å². The van der Waals surface area contributed by atoms with Gasteiger partial charge in [-0.15, -0.1) is 0 Å². The number of rotatable bonds is 3. The van der Waals surface area contributed by atoms with Gasteiger partial charge in [-0.05, 0) is 43.9 Å². The number of benzene rings is 1. The lowest BCUT2D eigenvalue weighted by molar-refractivity contribution is 0.456. The van der Waals surface area contributed by atoms with Gasteiger partial charge in [0.25, 0.3) is 0 Å². The molecule has 0 aromatic heterocycles. The first-order valence-electron chi connectivity index (χ1n) is 5.92. The molecule has 0 spiro atoms. The van der Waals surface area contributed by atoms with Crippen LogP contribution in [0.4, 0.5) is 4.39 Å². The van der Waals surface area contributed by atoms with Crippen LogP contribution in [-0.2, 0) is 0 Å². The smallest absolute Gasteiger partial charge is 0.123 e. The molecule has 2 unspecified atom stereocenters. The molecule has 1 fully saturated rings. The Morgan fingerprint density at radius 3 is 2.56 bits per heavy atom. The molecule has 1 aromatic carbocycles. The van der Waals surface area contributed by atoms with Gasteiger partial charge in [-0.3, -0.25) is 0 Å². The Morgan fingerprint density at radius 1 is 1.31 bits per heavy atom. The van der Waals surface area contributed by atoms with Crippen molar-refractivity contribution in [3.63, 3.8) is 0 Å². The van der Waals surface area contributed by atoms with E-state index >= 15 is 0 Å². The van der Waals surface area contributed by atoms with E-state index in [1.54, 1.807) is 0 Å². The van der Waals surface area contributed by atoms with Gasteiger partial charge >= 0.3 is 0 Å². The zero-order valence-corrected chi connectivity index (χ0v) is 9.62. The number of halogens is 1. The summed E-state index contributed by atoms with van der Waals surface area (Å²) in [5.41, 5.74) is 7.00. The monoisotopic (exact) mass is 222 g/mol. The lowest BCUT2D eigenvalue weighted by Crippen LogP contribution is -2.30. The summed E-state index contributed by atoms with van der Waals surface area (Å²) in [6.45, 7) is 2.11. The van der Waals surface area contributed by atoms with E-state index in [9.17, 15) is 4.39 Å². The summed E-state index contributed by atoms with van der Waals surface area (Å²) in [6.07, 6.45) is 3.30. The number of nitrogens with one attached hydrogen (secondary N) is 1. The van der Waals surface area contributed by atoms with E-state index in [1.807, 2.05) is 12.1 Å². The van der Waals surface area contributed by atoms with Crippen molar-refractivity contribution in [2.45, 2.75) is 44.3 Å². The normalized spacial score (nSPS) is 26.9. The molecule has 1 aromatic rings. The van der Waals surface area contributed by atoms with Gasteiger partial charge in [0.05, 0.1) is 0 Å². The zero-order chi connectivity index (χ0) is 11.5. The molecule has 0 aliphatic heterocycles. The molecule has 1 aliphatic rings. The predicted molar refractivity (Wildman–Crippen MR) is 63.6 cm³/mol. The topological polar surface area (TPSA) is 38.0 Å². The van der Waals surface area contributed by atoms with Crippen LogP contribution >= 0.6 is 0 Å². The fourth-order valence-electron chi connectivity index (χ4n) is 2.37. The summed E-state index contributed by atoms with van der Waals surface area (Å²) in [4.78, 5) is 0. The van der Waals surface area contributed by atoms with Gasteiger partial charge in [-0.25, -0.2) is 4.39 Å². The summed E-state index contributed by atoms with van der Waals surface area (Å²) < 4.78 is 12.8. The molecule has 2 rings (SSSR count). The third kappa shape index (κ3) is 2.80. The van der Waals surface area contributed by atoms with Crippen LogP contribution in [0.15, 0.2) is 24.3 Å². The van der Waals surface area contributed by atoms with Crippen molar-refractivity contribution in [3.05, 3.63) is 35.6 Å². The molecule has 3 heteroatoms. The van der Waals surface area contributed by atoms with Crippen molar-refractivity contribution in [2.75, 3.05) is 0 Å². The summed E-state index contributed by atoms with van der Waals surface area (Å²) in [5, 5.41) is 3.54. The van der Waals surface area contributed by atoms with Crippen LogP contribution in [-0.4, -0.2) is 12.1 Å². The second-order valence-electron chi connectivity index (χ2n) is 4.71. The zero-order valence-electron chi connectivity index (χ0n) is 9.62. The molecule has 0 amide bonds. The fourth-order valence-corrected chi connectivity index (χ4v) is 2.37. The molecule has 0 radical (unpaired) electrons. The average molecular weight is 222 g/mol. The van der Waals surface area contributed by atoms with E-state index in [2.05, 4.69) is 12.2 Å². The highest BCUT2D eigenvalue weighted by Crippen LogP contribution is 2.21. The quantitative estimate of drug-likeness (QED) is 0.824. The van der Waals surface area contributed by atoms with Crippen LogP contribution in [0.2, 0.25) is 0 Å². The molecular formula is C13H19FN2. The third-order valence-electron chi connectivity index (χ3n) is 3.33. The number of hydrogen-bond acceptors (Lipinski definition) is 2. The van der Waals surface area contributed by atoms with Gasteiger partial charge < -0.3 is 11.1 Å². The lowest BCUT2D eigenvalue weighted by Gasteiger charge is -2.19. The summed E-state index contributed by atoms with van der Waals surface area (Å²) in [7, 11) is 0. The van der Waals surface area contributed by atoms with Crippen molar-refractivity contribution < 1.29 is 4.39 Å². The van der Waals surface area contributed by atoms with Crippen LogP contribution in [0.5, 0.6) is 0 Å². The van der Waals surface area contributed by atoms with Crippen molar-refractivity contribution >= 4 is 0 Å². The maximum Gasteiger partial charge on any atom is 0.123 e. The first-order chi connectivity index (χ1) is 7.65. The molecule has 0 heterocycles. The Kier molecular flexibility index (Phi) is 3.56. The van der Waals surface area contributed by atoms with Gasteiger partial charge in [0, 0.05) is 18.1 Å². The summed E-state index contributed by atoms with van der Waals surface area (Å²) >= 11 is 0. The molecule has 1 aliphatic carbocycles. The minimum absolute atomic E-state index is 0.182. The van der Waals surface area contributed by atoms with Crippen LogP contribution in [0.3, 0.4) is 0 Å². The standard InChI is InChI=1S/C13H19FN2/c1-9(10-2-4-11(14)5-3-10)16-13-7-6-12(15)8-13/h2-5,9,12-13,16H,6-8,15H2,1H3/t9-,12?,13?/m1/s1. The molecule has 3 atom stereocenters. The van der Waals surface area contributed by atoms with Gasteiger partial charge in [-0.2, -0.15) is 0 Å². The van der Waals surface area contributed by atoms with Gasteiger partial charge in [0.15, 0.2) is 0 Å². The SMILES string of the molecule is C[C@@H](NC1CCC(N)C1)c1ccc(F)cc1. The third-order valence-corrected chi connectivity index (χ3v) is 3.33. The first kappa shape index (κ1) is 11.6. The largest absolute Gasteiger partial charge is 0.328 e. The van der Waals surface area contributed by atoms with Gasteiger partial charge in [0.2, 0.25) is 0 Å². The van der Waals surface area contributed by atoms with Gasteiger partial charge in [0.1, 0.15) is 5.82 Å². The maximum atomic E-state index is 12.8. The van der Waals surface area contributed by atoms with Crippen LogP contribution in [0.1, 0.15) is 37.8 Å². The minimum atomic E-state index is -0.182. The molecule has 16 heavy (non-hydrogen) atoms. The van der Waals surface area contributed by atoms with Crippen LogP contribution in [0.25, 0.3) is 0 Å². The number of hydrogen-bond donors (Lipinski definition) is 2. The van der Waals surface area contributed by atoms with E-state index in [-0.39, 0.29) is 11.9 Å². The average Bonchev–Trinajstić information content (AvgIpc) is 2.65. The Bertz CT molecular complexity index is 336. The van der Waals surface area contributed by atoms with E-state index in [0.29, 0.717) is 12.1 Å².